The number of hydrogen-bond donors (Lipinski definition) is 1. The van der Waals surface area contributed by atoms with Crippen molar-refractivity contribution in [2.45, 2.75) is 26.2 Å². The van der Waals surface area contributed by atoms with Crippen LogP contribution < -0.4 is 5.32 Å². The predicted molar refractivity (Wildman–Crippen MR) is 114 cm³/mol. The number of hydrogen-bond acceptors (Lipinski definition) is 5. The summed E-state index contributed by atoms with van der Waals surface area (Å²) in [5, 5.41) is 3.39. The van der Waals surface area contributed by atoms with Crippen molar-refractivity contribution in [3.63, 3.8) is 0 Å². The van der Waals surface area contributed by atoms with Crippen LogP contribution in [0.5, 0.6) is 0 Å². The zero-order valence-electron chi connectivity index (χ0n) is 16.9. The molecule has 0 saturated carbocycles. The number of piperazine rings is 1. The van der Waals surface area contributed by atoms with Gasteiger partial charge in [-0.2, -0.15) is 0 Å². The Kier molecular flexibility index (Phi) is 11.7. The fourth-order valence-corrected chi connectivity index (χ4v) is 4.24. The van der Waals surface area contributed by atoms with Gasteiger partial charge in [-0.05, 0) is 37.8 Å². The first-order valence-electron chi connectivity index (χ1n) is 10.2. The summed E-state index contributed by atoms with van der Waals surface area (Å²) >= 11 is 0. The van der Waals surface area contributed by atoms with Gasteiger partial charge in [0, 0.05) is 45.7 Å². The summed E-state index contributed by atoms with van der Waals surface area (Å²) in [7, 11) is 0. The Morgan fingerprint density at radius 1 is 0.929 bits per heavy atom. The number of nitrogens with zero attached hydrogens (tertiary/aromatic N) is 3. The molecule has 0 aromatic heterocycles. The molecule has 1 atom stereocenters. The van der Waals surface area contributed by atoms with Gasteiger partial charge in [-0.25, -0.2) is 0 Å². The van der Waals surface area contributed by atoms with Crippen LogP contribution in [0.3, 0.4) is 0 Å². The molecule has 1 N–H and O–H groups in total. The van der Waals surface area contributed by atoms with E-state index in [-0.39, 0.29) is 36.6 Å². The van der Waals surface area contributed by atoms with Gasteiger partial charge in [0.15, 0.2) is 0 Å². The summed E-state index contributed by atoms with van der Waals surface area (Å²) in [6, 6.07) is 0. The molecule has 3 heterocycles. The highest BCUT2D eigenvalue weighted by atomic mass is 35.5. The predicted octanol–water partition coefficient (Wildman–Crippen LogP) is 0.859. The van der Waals surface area contributed by atoms with Gasteiger partial charge in [-0.1, -0.05) is 6.92 Å². The molecule has 3 saturated heterocycles. The fourth-order valence-electron chi connectivity index (χ4n) is 4.24. The van der Waals surface area contributed by atoms with Crippen LogP contribution in [0.1, 0.15) is 26.2 Å². The molecule has 9 heteroatoms. The van der Waals surface area contributed by atoms with E-state index in [1.807, 2.05) is 9.80 Å². The Balaban J connectivity index is 0.00000196. The van der Waals surface area contributed by atoms with Crippen LogP contribution in [0.15, 0.2) is 0 Å². The maximum absolute atomic E-state index is 12.6. The van der Waals surface area contributed by atoms with E-state index in [0.29, 0.717) is 64.2 Å². The second-order valence-corrected chi connectivity index (χ2v) is 7.92. The lowest BCUT2D eigenvalue weighted by Gasteiger charge is -2.37. The lowest BCUT2D eigenvalue weighted by atomic mass is 9.84. The Bertz CT molecular complexity index is 478. The highest BCUT2D eigenvalue weighted by molar-refractivity contribution is 5.85. The van der Waals surface area contributed by atoms with E-state index in [4.69, 9.17) is 4.74 Å². The van der Waals surface area contributed by atoms with Gasteiger partial charge in [0.05, 0.1) is 19.8 Å². The monoisotopic (exact) mass is 438 g/mol. The highest BCUT2D eigenvalue weighted by Crippen LogP contribution is 2.25. The molecule has 0 radical (unpaired) electrons. The molecule has 28 heavy (non-hydrogen) atoms. The van der Waals surface area contributed by atoms with E-state index < -0.39 is 0 Å². The first-order valence-corrected chi connectivity index (χ1v) is 10.2. The summed E-state index contributed by atoms with van der Waals surface area (Å²) in [4.78, 5) is 31.1. The van der Waals surface area contributed by atoms with Gasteiger partial charge in [0.2, 0.25) is 11.8 Å². The van der Waals surface area contributed by atoms with Crippen molar-refractivity contribution in [1.82, 2.24) is 20.0 Å². The molecule has 164 valence electrons. The molecule has 3 rings (SSSR count). The van der Waals surface area contributed by atoms with Crippen LogP contribution >= 0.6 is 24.8 Å². The molecular weight excluding hydrogens is 403 g/mol. The van der Waals surface area contributed by atoms with Gasteiger partial charge in [-0.15, -0.1) is 24.8 Å². The van der Waals surface area contributed by atoms with Crippen LogP contribution in [0.4, 0.5) is 0 Å². The molecule has 3 aliphatic rings. The first kappa shape index (κ1) is 25.4. The van der Waals surface area contributed by atoms with Crippen molar-refractivity contribution in [2.24, 2.45) is 11.8 Å². The molecule has 0 aromatic rings. The van der Waals surface area contributed by atoms with Crippen LogP contribution in [-0.2, 0) is 14.3 Å². The van der Waals surface area contributed by atoms with Crippen LogP contribution in [0.25, 0.3) is 0 Å². The van der Waals surface area contributed by atoms with Crippen LogP contribution in [0, 0.1) is 11.8 Å². The van der Waals surface area contributed by atoms with Gasteiger partial charge in [-0.3, -0.25) is 14.5 Å². The quantitative estimate of drug-likeness (QED) is 0.689. The number of halogens is 2. The van der Waals surface area contributed by atoms with Crippen LogP contribution in [-0.4, -0.2) is 98.6 Å². The first-order chi connectivity index (χ1) is 12.6. The summed E-state index contributed by atoms with van der Waals surface area (Å²) < 4.78 is 5.33. The molecule has 2 amide bonds. The largest absolute Gasteiger partial charge is 0.379 e. The highest BCUT2D eigenvalue weighted by Gasteiger charge is 2.28. The number of rotatable bonds is 5. The van der Waals surface area contributed by atoms with E-state index in [0.717, 1.165) is 26.2 Å². The Morgan fingerprint density at radius 2 is 1.46 bits per heavy atom. The number of carbonyl (C=O) groups excluding carboxylic acids is 2. The number of ether oxygens (including phenoxy) is 1. The minimum absolute atomic E-state index is 0. The zero-order chi connectivity index (χ0) is 18.4. The molecule has 1 unspecified atom stereocenters. The Morgan fingerprint density at radius 3 is 2.04 bits per heavy atom. The zero-order valence-corrected chi connectivity index (χ0v) is 18.6. The summed E-state index contributed by atoms with van der Waals surface area (Å²) in [5.74, 6) is 1.56. The van der Waals surface area contributed by atoms with E-state index in [9.17, 15) is 9.59 Å². The second-order valence-electron chi connectivity index (χ2n) is 7.92. The van der Waals surface area contributed by atoms with E-state index in [1.54, 1.807) is 0 Å². The topological polar surface area (TPSA) is 65.1 Å². The van der Waals surface area contributed by atoms with Crippen molar-refractivity contribution in [3.8, 4) is 0 Å². The Labute approximate surface area is 181 Å². The van der Waals surface area contributed by atoms with E-state index in [2.05, 4.69) is 17.1 Å². The van der Waals surface area contributed by atoms with Crippen molar-refractivity contribution in [1.29, 1.82) is 0 Å². The molecular formula is C19H36Cl2N4O3. The molecule has 0 aliphatic carbocycles. The Hall–Kier alpha value is -0.600. The van der Waals surface area contributed by atoms with E-state index >= 15 is 0 Å². The molecule has 0 spiro atoms. The normalized spacial score (nSPS) is 22.8. The van der Waals surface area contributed by atoms with Crippen molar-refractivity contribution in [2.75, 3.05) is 72.1 Å². The third-order valence-corrected chi connectivity index (χ3v) is 6.13. The maximum atomic E-state index is 12.6. The van der Waals surface area contributed by atoms with Gasteiger partial charge in [0.1, 0.15) is 0 Å². The number of nitrogens with one attached hydrogen (secondary N) is 1. The maximum Gasteiger partial charge on any atom is 0.236 e. The average molecular weight is 439 g/mol. The number of carbonyl (C=O) groups is 2. The van der Waals surface area contributed by atoms with Crippen LogP contribution in [0.2, 0.25) is 0 Å². The molecule has 0 aromatic carbocycles. The van der Waals surface area contributed by atoms with Gasteiger partial charge >= 0.3 is 0 Å². The third-order valence-electron chi connectivity index (χ3n) is 6.13. The molecule has 0 bridgehead atoms. The number of amides is 2. The summed E-state index contributed by atoms with van der Waals surface area (Å²) in [6.45, 7) is 10.6. The average Bonchev–Trinajstić information content (AvgIpc) is 2.69. The lowest BCUT2D eigenvalue weighted by Crippen LogP contribution is -2.53. The molecule has 3 aliphatic heterocycles. The number of morpholine rings is 1. The molecule has 3 fully saturated rings. The minimum Gasteiger partial charge on any atom is -0.379 e. The SMILES string of the molecule is CC(CC(=O)N1CCN(C(=O)CN2CCOCC2)CC1)C1CCNCC1.Cl.Cl. The second kappa shape index (κ2) is 12.9. The van der Waals surface area contributed by atoms with Gasteiger partial charge in [0.25, 0.3) is 0 Å². The van der Waals surface area contributed by atoms with E-state index in [1.165, 1.54) is 12.8 Å². The van der Waals surface area contributed by atoms with Crippen molar-refractivity contribution >= 4 is 36.6 Å². The molecule has 7 nitrogen and oxygen atoms in total. The smallest absolute Gasteiger partial charge is 0.236 e. The van der Waals surface area contributed by atoms with Crippen molar-refractivity contribution in [3.05, 3.63) is 0 Å². The lowest BCUT2D eigenvalue weighted by molar-refractivity contribution is -0.141. The fraction of sp³-hybridized carbons (Fsp3) is 0.895. The van der Waals surface area contributed by atoms with Crippen molar-refractivity contribution < 1.29 is 14.3 Å². The van der Waals surface area contributed by atoms with Gasteiger partial charge < -0.3 is 19.9 Å². The summed E-state index contributed by atoms with van der Waals surface area (Å²) in [6.07, 6.45) is 3.00. The minimum atomic E-state index is 0. The number of piperidine rings is 1. The third kappa shape index (κ3) is 7.34. The summed E-state index contributed by atoms with van der Waals surface area (Å²) in [5.41, 5.74) is 0. The standard InChI is InChI=1S/C19H34N4O3.2ClH/c1-16(17-2-4-20-5-3-17)14-18(24)22-6-8-23(9-7-22)19(25)15-21-10-12-26-13-11-21;;/h16-17,20H,2-15H2,1H3;2*1H.